The number of amides is 1. The maximum Gasteiger partial charge on any atom is 0.223 e. The summed E-state index contributed by atoms with van der Waals surface area (Å²) in [6.45, 7) is 6.20. The minimum absolute atomic E-state index is 0.120. The van der Waals surface area contributed by atoms with E-state index in [0.29, 0.717) is 12.8 Å². The second-order valence-electron chi connectivity index (χ2n) is 4.90. The van der Waals surface area contributed by atoms with Gasteiger partial charge in [0.1, 0.15) is 0 Å². The van der Waals surface area contributed by atoms with Gasteiger partial charge in [0.2, 0.25) is 5.91 Å². The summed E-state index contributed by atoms with van der Waals surface area (Å²) in [4.78, 5) is 13.0. The maximum atomic E-state index is 11.4. The van der Waals surface area contributed by atoms with Crippen LogP contribution < -0.4 is 5.32 Å². The van der Waals surface area contributed by atoms with Crippen molar-refractivity contribution >= 4 is 5.91 Å². The molecule has 0 aliphatic heterocycles. The molecular formula is C11H24N2O2. The molecule has 0 aliphatic carbocycles. The number of carbonyl (C=O) groups is 1. The molecule has 4 nitrogen and oxygen atoms in total. The predicted octanol–water partition coefficient (Wildman–Crippen LogP) is 0.604. The predicted molar refractivity (Wildman–Crippen MR) is 61.7 cm³/mol. The van der Waals surface area contributed by atoms with E-state index < -0.39 is 0 Å². The monoisotopic (exact) mass is 216 g/mol. The summed E-state index contributed by atoms with van der Waals surface area (Å²) in [5.74, 6) is 0.120. The first-order valence-electron chi connectivity index (χ1n) is 5.37. The van der Waals surface area contributed by atoms with Crippen LogP contribution in [0.2, 0.25) is 0 Å². The van der Waals surface area contributed by atoms with Gasteiger partial charge < -0.3 is 15.3 Å². The molecule has 90 valence electrons. The minimum Gasteiger partial charge on any atom is -0.396 e. The summed E-state index contributed by atoms with van der Waals surface area (Å²) >= 11 is 0. The molecule has 0 rings (SSSR count). The number of aliphatic hydroxyl groups excluding tert-OH is 1. The molecule has 0 heterocycles. The van der Waals surface area contributed by atoms with Crippen molar-refractivity contribution in [2.24, 2.45) is 0 Å². The number of nitrogens with zero attached hydrogens (tertiary/aromatic N) is 1. The minimum atomic E-state index is -0.124. The Balaban J connectivity index is 4.02. The van der Waals surface area contributed by atoms with Gasteiger partial charge in [-0.15, -0.1) is 0 Å². The highest BCUT2D eigenvalue weighted by molar-refractivity contribution is 5.76. The molecule has 2 N–H and O–H groups in total. The van der Waals surface area contributed by atoms with Gasteiger partial charge in [-0.05, 0) is 27.2 Å². The van der Waals surface area contributed by atoms with Gasteiger partial charge >= 0.3 is 0 Å². The van der Waals surface area contributed by atoms with Crippen LogP contribution >= 0.6 is 0 Å². The first-order chi connectivity index (χ1) is 6.78. The van der Waals surface area contributed by atoms with E-state index in [1.54, 1.807) is 19.0 Å². The van der Waals surface area contributed by atoms with Crippen molar-refractivity contribution in [3.05, 3.63) is 0 Å². The van der Waals surface area contributed by atoms with Gasteiger partial charge in [-0.2, -0.15) is 0 Å². The lowest BCUT2D eigenvalue weighted by molar-refractivity contribution is -0.129. The second kappa shape index (κ2) is 6.08. The zero-order valence-electron chi connectivity index (χ0n) is 10.5. The SMILES string of the molecule is CC(CC(=O)N(C)C)NC(C)(C)CCO. The summed E-state index contributed by atoms with van der Waals surface area (Å²) < 4.78 is 0. The maximum absolute atomic E-state index is 11.4. The molecule has 0 saturated carbocycles. The largest absolute Gasteiger partial charge is 0.396 e. The highest BCUT2D eigenvalue weighted by Crippen LogP contribution is 2.10. The number of aliphatic hydroxyl groups is 1. The molecular weight excluding hydrogens is 192 g/mol. The highest BCUT2D eigenvalue weighted by Gasteiger charge is 2.20. The van der Waals surface area contributed by atoms with E-state index in [-0.39, 0.29) is 24.1 Å². The van der Waals surface area contributed by atoms with Crippen molar-refractivity contribution < 1.29 is 9.90 Å². The number of nitrogens with one attached hydrogen (secondary N) is 1. The Labute approximate surface area is 92.7 Å². The van der Waals surface area contributed by atoms with Crippen LogP contribution in [0.3, 0.4) is 0 Å². The Bertz CT molecular complexity index is 203. The Morgan fingerprint density at radius 1 is 1.47 bits per heavy atom. The van der Waals surface area contributed by atoms with Crippen molar-refractivity contribution in [2.45, 2.75) is 45.2 Å². The van der Waals surface area contributed by atoms with Gasteiger partial charge in [-0.3, -0.25) is 4.79 Å². The van der Waals surface area contributed by atoms with Gasteiger partial charge in [0, 0.05) is 38.7 Å². The molecule has 15 heavy (non-hydrogen) atoms. The third kappa shape index (κ3) is 6.47. The van der Waals surface area contributed by atoms with E-state index >= 15 is 0 Å². The molecule has 0 aromatic carbocycles. The fourth-order valence-electron chi connectivity index (χ4n) is 1.51. The van der Waals surface area contributed by atoms with E-state index in [9.17, 15) is 4.79 Å². The first kappa shape index (κ1) is 14.4. The normalized spacial score (nSPS) is 13.7. The average molecular weight is 216 g/mol. The van der Waals surface area contributed by atoms with Crippen molar-refractivity contribution in [3.63, 3.8) is 0 Å². The van der Waals surface area contributed by atoms with Crippen molar-refractivity contribution in [2.75, 3.05) is 20.7 Å². The summed E-state index contributed by atoms with van der Waals surface area (Å²) in [7, 11) is 3.52. The van der Waals surface area contributed by atoms with Crippen molar-refractivity contribution in [1.82, 2.24) is 10.2 Å². The summed E-state index contributed by atoms with van der Waals surface area (Å²) in [6, 6.07) is 0.126. The molecule has 1 amide bonds. The van der Waals surface area contributed by atoms with E-state index in [4.69, 9.17) is 5.11 Å². The van der Waals surface area contributed by atoms with Crippen molar-refractivity contribution in [1.29, 1.82) is 0 Å². The number of rotatable bonds is 6. The molecule has 0 radical (unpaired) electrons. The molecule has 1 atom stereocenters. The van der Waals surface area contributed by atoms with Gasteiger partial charge in [0.05, 0.1) is 0 Å². The topological polar surface area (TPSA) is 52.6 Å². The Kier molecular flexibility index (Phi) is 5.83. The van der Waals surface area contributed by atoms with Gasteiger partial charge in [-0.1, -0.05) is 0 Å². The van der Waals surface area contributed by atoms with E-state index in [0.717, 1.165) is 0 Å². The quantitative estimate of drug-likeness (QED) is 0.684. The van der Waals surface area contributed by atoms with Crippen LogP contribution in [0.5, 0.6) is 0 Å². The van der Waals surface area contributed by atoms with E-state index in [2.05, 4.69) is 5.32 Å². The molecule has 0 fully saturated rings. The highest BCUT2D eigenvalue weighted by atomic mass is 16.3. The summed E-state index contributed by atoms with van der Waals surface area (Å²) in [6.07, 6.45) is 1.18. The Hall–Kier alpha value is -0.610. The Morgan fingerprint density at radius 2 is 2.00 bits per heavy atom. The van der Waals surface area contributed by atoms with Crippen LogP contribution in [0.25, 0.3) is 0 Å². The van der Waals surface area contributed by atoms with Gasteiger partial charge in [0.15, 0.2) is 0 Å². The van der Waals surface area contributed by atoms with Crippen LogP contribution in [0.15, 0.2) is 0 Å². The zero-order valence-corrected chi connectivity index (χ0v) is 10.5. The number of carbonyl (C=O) groups excluding carboxylic acids is 1. The van der Waals surface area contributed by atoms with E-state index in [1.807, 2.05) is 20.8 Å². The third-order valence-electron chi connectivity index (χ3n) is 2.35. The van der Waals surface area contributed by atoms with Crippen molar-refractivity contribution in [3.8, 4) is 0 Å². The molecule has 0 saturated heterocycles. The fraction of sp³-hybridized carbons (Fsp3) is 0.909. The lowest BCUT2D eigenvalue weighted by atomic mass is 9.99. The molecule has 4 heteroatoms. The lowest BCUT2D eigenvalue weighted by Gasteiger charge is -2.30. The average Bonchev–Trinajstić information content (AvgIpc) is 2.01. The van der Waals surface area contributed by atoms with Crippen LogP contribution in [0.4, 0.5) is 0 Å². The van der Waals surface area contributed by atoms with Crippen LogP contribution in [0.1, 0.15) is 33.6 Å². The molecule has 1 unspecified atom stereocenters. The van der Waals surface area contributed by atoms with Crippen LogP contribution in [-0.4, -0.2) is 48.2 Å². The number of hydrogen-bond donors (Lipinski definition) is 2. The third-order valence-corrected chi connectivity index (χ3v) is 2.35. The van der Waals surface area contributed by atoms with Crippen LogP contribution in [0, 0.1) is 0 Å². The molecule has 0 aliphatic rings. The van der Waals surface area contributed by atoms with Gasteiger partial charge in [0.25, 0.3) is 0 Å². The van der Waals surface area contributed by atoms with Crippen LogP contribution in [-0.2, 0) is 4.79 Å². The molecule has 0 aromatic heterocycles. The molecule has 0 spiro atoms. The second-order valence-corrected chi connectivity index (χ2v) is 4.90. The molecule has 0 bridgehead atoms. The standard InChI is InChI=1S/C11H24N2O2/c1-9(8-10(15)13(4)5)12-11(2,3)6-7-14/h9,12,14H,6-8H2,1-5H3. The van der Waals surface area contributed by atoms with Gasteiger partial charge in [-0.25, -0.2) is 0 Å². The molecule has 0 aromatic rings. The summed E-state index contributed by atoms with van der Waals surface area (Å²) in [5, 5.41) is 12.2. The zero-order chi connectivity index (χ0) is 12.1. The number of hydrogen-bond acceptors (Lipinski definition) is 3. The fourth-order valence-corrected chi connectivity index (χ4v) is 1.51. The Morgan fingerprint density at radius 3 is 2.40 bits per heavy atom. The van der Waals surface area contributed by atoms with E-state index in [1.165, 1.54) is 0 Å². The lowest BCUT2D eigenvalue weighted by Crippen LogP contribution is -2.46. The summed E-state index contributed by atoms with van der Waals surface area (Å²) in [5.41, 5.74) is -0.124. The first-order valence-corrected chi connectivity index (χ1v) is 5.37. The smallest absolute Gasteiger partial charge is 0.223 e.